The SMILES string of the molecule is NNC(c1ccccc1F)C1CCC(C(F)(F)F)CC1. The van der Waals surface area contributed by atoms with Crippen molar-refractivity contribution in [3.63, 3.8) is 0 Å². The number of benzene rings is 1. The van der Waals surface area contributed by atoms with Gasteiger partial charge in [0, 0.05) is 5.56 Å². The molecule has 0 aromatic heterocycles. The quantitative estimate of drug-likeness (QED) is 0.506. The highest BCUT2D eigenvalue weighted by molar-refractivity contribution is 5.22. The Kier molecular flexibility index (Phi) is 4.65. The predicted molar refractivity (Wildman–Crippen MR) is 68.0 cm³/mol. The summed E-state index contributed by atoms with van der Waals surface area (Å²) >= 11 is 0. The van der Waals surface area contributed by atoms with Crippen molar-refractivity contribution in [2.75, 3.05) is 0 Å². The van der Waals surface area contributed by atoms with Gasteiger partial charge >= 0.3 is 6.18 Å². The number of hydrazine groups is 1. The zero-order valence-corrected chi connectivity index (χ0v) is 11.0. The van der Waals surface area contributed by atoms with Crippen molar-refractivity contribution in [2.24, 2.45) is 17.7 Å². The van der Waals surface area contributed by atoms with Crippen molar-refractivity contribution in [3.05, 3.63) is 35.6 Å². The van der Waals surface area contributed by atoms with E-state index in [2.05, 4.69) is 5.43 Å². The normalized spacial score (nSPS) is 25.4. The van der Waals surface area contributed by atoms with Gasteiger partial charge in [-0.15, -0.1) is 0 Å². The summed E-state index contributed by atoms with van der Waals surface area (Å²) in [5, 5.41) is 0. The Bertz CT molecular complexity index is 439. The highest BCUT2D eigenvalue weighted by atomic mass is 19.4. The third-order valence-corrected chi connectivity index (χ3v) is 4.13. The molecular formula is C14H18F4N2. The molecule has 1 fully saturated rings. The average Bonchev–Trinajstić information content (AvgIpc) is 2.41. The summed E-state index contributed by atoms with van der Waals surface area (Å²) in [6, 6.07) is 5.79. The number of hydrogen-bond acceptors (Lipinski definition) is 2. The molecule has 20 heavy (non-hydrogen) atoms. The largest absolute Gasteiger partial charge is 0.391 e. The Labute approximate surface area is 115 Å². The van der Waals surface area contributed by atoms with Crippen LogP contribution in [-0.2, 0) is 0 Å². The van der Waals surface area contributed by atoms with Gasteiger partial charge in [-0.05, 0) is 37.7 Å². The van der Waals surface area contributed by atoms with Crippen LogP contribution in [0.2, 0.25) is 0 Å². The van der Waals surface area contributed by atoms with Crippen LogP contribution in [0.4, 0.5) is 17.6 Å². The number of alkyl halides is 3. The monoisotopic (exact) mass is 290 g/mol. The minimum Gasteiger partial charge on any atom is -0.271 e. The lowest BCUT2D eigenvalue weighted by molar-refractivity contribution is -0.184. The molecule has 1 aliphatic carbocycles. The van der Waals surface area contributed by atoms with E-state index in [1.807, 2.05) is 0 Å². The van der Waals surface area contributed by atoms with Crippen LogP contribution in [-0.4, -0.2) is 6.18 Å². The first-order valence-electron chi connectivity index (χ1n) is 6.70. The maximum absolute atomic E-state index is 13.8. The van der Waals surface area contributed by atoms with Gasteiger partial charge < -0.3 is 0 Å². The van der Waals surface area contributed by atoms with Gasteiger partial charge in [0.05, 0.1) is 12.0 Å². The zero-order valence-electron chi connectivity index (χ0n) is 11.0. The molecule has 6 heteroatoms. The molecule has 0 radical (unpaired) electrons. The van der Waals surface area contributed by atoms with Crippen LogP contribution >= 0.6 is 0 Å². The summed E-state index contributed by atoms with van der Waals surface area (Å²) in [6.07, 6.45) is -3.17. The molecule has 2 rings (SSSR count). The maximum atomic E-state index is 13.8. The zero-order chi connectivity index (χ0) is 14.8. The van der Waals surface area contributed by atoms with E-state index < -0.39 is 18.1 Å². The second kappa shape index (κ2) is 6.10. The lowest BCUT2D eigenvalue weighted by Crippen LogP contribution is -2.37. The summed E-state index contributed by atoms with van der Waals surface area (Å²) in [5.41, 5.74) is 2.98. The molecule has 1 saturated carbocycles. The van der Waals surface area contributed by atoms with E-state index in [1.165, 1.54) is 6.07 Å². The van der Waals surface area contributed by atoms with E-state index in [1.54, 1.807) is 18.2 Å². The van der Waals surface area contributed by atoms with Crippen LogP contribution in [0.15, 0.2) is 24.3 Å². The average molecular weight is 290 g/mol. The number of rotatable bonds is 3. The van der Waals surface area contributed by atoms with Gasteiger partial charge in [0.1, 0.15) is 5.82 Å². The third-order valence-electron chi connectivity index (χ3n) is 4.13. The molecule has 3 N–H and O–H groups in total. The summed E-state index contributed by atoms with van der Waals surface area (Å²) in [4.78, 5) is 0. The molecule has 1 aliphatic rings. The fraction of sp³-hybridized carbons (Fsp3) is 0.571. The second-order valence-electron chi connectivity index (χ2n) is 5.32. The molecule has 0 heterocycles. The van der Waals surface area contributed by atoms with E-state index in [9.17, 15) is 17.6 Å². The number of hydrogen-bond donors (Lipinski definition) is 2. The van der Waals surface area contributed by atoms with Crippen LogP contribution < -0.4 is 11.3 Å². The number of nitrogens with one attached hydrogen (secondary N) is 1. The summed E-state index contributed by atoms with van der Waals surface area (Å²) < 4.78 is 51.7. The molecule has 0 aliphatic heterocycles. The van der Waals surface area contributed by atoms with Crippen molar-refractivity contribution in [1.29, 1.82) is 0 Å². The lowest BCUT2D eigenvalue weighted by Gasteiger charge is -2.34. The fourth-order valence-electron chi connectivity index (χ4n) is 2.99. The van der Waals surface area contributed by atoms with Crippen molar-refractivity contribution in [1.82, 2.24) is 5.43 Å². The van der Waals surface area contributed by atoms with Crippen LogP contribution in [0.5, 0.6) is 0 Å². The summed E-state index contributed by atoms with van der Waals surface area (Å²) in [7, 11) is 0. The topological polar surface area (TPSA) is 38.0 Å². The van der Waals surface area contributed by atoms with Crippen LogP contribution in [0.1, 0.15) is 37.3 Å². The molecular weight excluding hydrogens is 272 g/mol. The lowest BCUT2D eigenvalue weighted by atomic mass is 9.76. The van der Waals surface area contributed by atoms with E-state index in [-0.39, 0.29) is 24.6 Å². The smallest absolute Gasteiger partial charge is 0.271 e. The standard InChI is InChI=1S/C14H18F4N2/c15-12-4-2-1-3-11(12)13(20-19)9-5-7-10(8-6-9)14(16,17)18/h1-4,9-10,13,20H,5-8,19H2. The van der Waals surface area contributed by atoms with Gasteiger partial charge in [-0.1, -0.05) is 18.2 Å². The maximum Gasteiger partial charge on any atom is 0.391 e. The molecule has 1 aromatic carbocycles. The van der Waals surface area contributed by atoms with Crippen LogP contribution in [0.3, 0.4) is 0 Å². The fourth-order valence-corrected chi connectivity index (χ4v) is 2.99. The highest BCUT2D eigenvalue weighted by Crippen LogP contribution is 2.43. The van der Waals surface area contributed by atoms with Crippen molar-refractivity contribution in [3.8, 4) is 0 Å². The Morgan fingerprint density at radius 3 is 2.20 bits per heavy atom. The molecule has 112 valence electrons. The Morgan fingerprint density at radius 1 is 1.10 bits per heavy atom. The van der Waals surface area contributed by atoms with E-state index >= 15 is 0 Å². The predicted octanol–water partition coefficient (Wildman–Crippen LogP) is 3.70. The molecule has 1 atom stereocenters. The second-order valence-corrected chi connectivity index (χ2v) is 5.32. The molecule has 0 bridgehead atoms. The van der Waals surface area contributed by atoms with Gasteiger partial charge in [-0.3, -0.25) is 11.3 Å². The van der Waals surface area contributed by atoms with Gasteiger partial charge in [-0.25, -0.2) is 4.39 Å². The van der Waals surface area contributed by atoms with Gasteiger partial charge in [0.2, 0.25) is 0 Å². The first-order chi connectivity index (χ1) is 9.43. The van der Waals surface area contributed by atoms with Gasteiger partial charge in [0.25, 0.3) is 0 Å². The van der Waals surface area contributed by atoms with Gasteiger partial charge in [-0.2, -0.15) is 13.2 Å². The Hall–Kier alpha value is -1.14. The minimum atomic E-state index is -4.13. The molecule has 2 nitrogen and oxygen atoms in total. The van der Waals surface area contributed by atoms with Crippen molar-refractivity contribution < 1.29 is 17.6 Å². The summed E-state index contributed by atoms with van der Waals surface area (Å²) in [5.74, 6) is 3.79. The molecule has 0 spiro atoms. The summed E-state index contributed by atoms with van der Waals surface area (Å²) in [6.45, 7) is 0. The van der Waals surface area contributed by atoms with E-state index in [0.717, 1.165) is 0 Å². The molecule has 0 amide bonds. The third kappa shape index (κ3) is 3.30. The van der Waals surface area contributed by atoms with Crippen molar-refractivity contribution in [2.45, 2.75) is 37.9 Å². The first kappa shape index (κ1) is 15.3. The van der Waals surface area contributed by atoms with Crippen LogP contribution in [0, 0.1) is 17.7 Å². The van der Waals surface area contributed by atoms with Crippen molar-refractivity contribution >= 4 is 0 Å². The molecule has 1 aromatic rings. The Balaban J connectivity index is 2.06. The molecule has 0 saturated heterocycles. The van der Waals surface area contributed by atoms with Gasteiger partial charge in [0.15, 0.2) is 0 Å². The highest BCUT2D eigenvalue weighted by Gasteiger charge is 2.42. The van der Waals surface area contributed by atoms with Crippen LogP contribution in [0.25, 0.3) is 0 Å². The van der Waals surface area contributed by atoms with E-state index in [4.69, 9.17) is 5.84 Å². The first-order valence-corrected chi connectivity index (χ1v) is 6.70. The number of nitrogens with two attached hydrogens (primary N) is 1. The van der Waals surface area contributed by atoms with E-state index in [0.29, 0.717) is 18.4 Å². The molecule has 1 unspecified atom stereocenters. The number of halogens is 4. The minimum absolute atomic E-state index is 0.0736. The Morgan fingerprint density at radius 2 is 1.70 bits per heavy atom.